The highest BCUT2D eigenvalue weighted by Gasteiger charge is 2.35. The van der Waals surface area contributed by atoms with Crippen molar-refractivity contribution >= 4 is 11.9 Å². The summed E-state index contributed by atoms with van der Waals surface area (Å²) in [6.07, 6.45) is 2.68. The molecule has 0 spiro atoms. The number of carboxylic acids is 1. The van der Waals surface area contributed by atoms with E-state index in [-0.39, 0.29) is 30.3 Å². The average Bonchev–Trinajstić information content (AvgIpc) is 2.75. The third-order valence-electron chi connectivity index (χ3n) is 4.08. The molecule has 0 radical (unpaired) electrons. The number of aliphatic carboxylic acids is 1. The summed E-state index contributed by atoms with van der Waals surface area (Å²) < 4.78 is 5.43. The Morgan fingerprint density at radius 1 is 1.28 bits per heavy atom. The second-order valence-electron chi connectivity index (χ2n) is 5.34. The van der Waals surface area contributed by atoms with Gasteiger partial charge in [-0.1, -0.05) is 0 Å². The molecule has 1 N–H and O–H groups in total. The van der Waals surface area contributed by atoms with Gasteiger partial charge in [0, 0.05) is 26.1 Å². The van der Waals surface area contributed by atoms with Crippen LogP contribution in [0.3, 0.4) is 0 Å². The van der Waals surface area contributed by atoms with E-state index in [2.05, 4.69) is 0 Å². The fourth-order valence-electron chi connectivity index (χ4n) is 2.89. The third-order valence-corrected chi connectivity index (χ3v) is 4.08. The lowest BCUT2D eigenvalue weighted by Gasteiger charge is -2.33. The normalized spacial score (nSPS) is 29.5. The topological polar surface area (TPSA) is 66.8 Å². The van der Waals surface area contributed by atoms with Crippen LogP contribution in [0, 0.1) is 11.8 Å². The van der Waals surface area contributed by atoms with E-state index >= 15 is 0 Å². The highest BCUT2D eigenvalue weighted by Crippen LogP contribution is 2.26. The number of hydrogen-bond acceptors (Lipinski definition) is 3. The summed E-state index contributed by atoms with van der Waals surface area (Å²) in [6.45, 7) is 4.01. The predicted octanol–water partition coefficient (Wildman–Crippen LogP) is 1.12. The van der Waals surface area contributed by atoms with Gasteiger partial charge in [0.2, 0.25) is 5.91 Å². The first-order chi connectivity index (χ1) is 8.58. The van der Waals surface area contributed by atoms with Gasteiger partial charge in [-0.25, -0.2) is 0 Å². The zero-order chi connectivity index (χ0) is 13.1. The minimum Gasteiger partial charge on any atom is -0.481 e. The summed E-state index contributed by atoms with van der Waals surface area (Å²) in [4.78, 5) is 24.8. The number of rotatable bonds is 3. The fourth-order valence-corrected chi connectivity index (χ4v) is 2.89. The second-order valence-corrected chi connectivity index (χ2v) is 5.34. The van der Waals surface area contributed by atoms with Crippen LogP contribution in [0.1, 0.15) is 32.6 Å². The molecule has 2 atom stereocenters. The van der Waals surface area contributed by atoms with Crippen molar-refractivity contribution in [2.75, 3.05) is 19.7 Å². The molecule has 2 aliphatic heterocycles. The van der Waals surface area contributed by atoms with E-state index in [1.807, 2.05) is 11.8 Å². The molecule has 2 aliphatic rings. The fraction of sp³-hybridized carbons (Fsp3) is 0.846. The molecule has 2 heterocycles. The van der Waals surface area contributed by atoms with Crippen LogP contribution in [0.4, 0.5) is 0 Å². The number of carbonyl (C=O) groups excluding carboxylic acids is 1. The van der Waals surface area contributed by atoms with Crippen molar-refractivity contribution in [3.8, 4) is 0 Å². The Morgan fingerprint density at radius 3 is 2.44 bits per heavy atom. The van der Waals surface area contributed by atoms with E-state index in [1.54, 1.807) is 0 Å². The van der Waals surface area contributed by atoms with Crippen molar-refractivity contribution in [1.82, 2.24) is 4.90 Å². The predicted molar refractivity (Wildman–Crippen MR) is 65.1 cm³/mol. The number of piperidine rings is 1. The molecular formula is C13H21NO4. The highest BCUT2D eigenvalue weighted by molar-refractivity contribution is 5.79. The van der Waals surface area contributed by atoms with E-state index in [4.69, 9.17) is 9.84 Å². The minimum atomic E-state index is -0.738. The van der Waals surface area contributed by atoms with Gasteiger partial charge in [0.25, 0.3) is 0 Å². The first kappa shape index (κ1) is 13.3. The van der Waals surface area contributed by atoms with Gasteiger partial charge < -0.3 is 14.7 Å². The summed E-state index contributed by atoms with van der Waals surface area (Å²) in [7, 11) is 0. The van der Waals surface area contributed by atoms with Crippen molar-refractivity contribution < 1.29 is 19.4 Å². The van der Waals surface area contributed by atoms with Gasteiger partial charge in [0.1, 0.15) is 0 Å². The number of carboxylic acid groups (broad SMARTS) is 1. The lowest BCUT2D eigenvalue weighted by molar-refractivity contribution is -0.140. The maximum Gasteiger partial charge on any atom is 0.303 e. The lowest BCUT2D eigenvalue weighted by atomic mass is 9.92. The number of amides is 1. The quantitative estimate of drug-likeness (QED) is 0.820. The maximum atomic E-state index is 12.3. The standard InChI is InChI=1S/C13H21NO4/c1-9-11(4-7-18-9)13(17)14-5-2-10(3-6-14)8-12(15)16/h9-11H,2-8H2,1H3,(H,15,16). The van der Waals surface area contributed by atoms with Crippen LogP contribution in [-0.4, -0.2) is 47.7 Å². The van der Waals surface area contributed by atoms with E-state index in [9.17, 15) is 9.59 Å². The van der Waals surface area contributed by atoms with Gasteiger partial charge in [0.05, 0.1) is 12.0 Å². The van der Waals surface area contributed by atoms with Crippen molar-refractivity contribution in [2.45, 2.75) is 38.7 Å². The number of nitrogens with zero attached hydrogens (tertiary/aromatic N) is 1. The Balaban J connectivity index is 1.82. The van der Waals surface area contributed by atoms with Gasteiger partial charge in [0.15, 0.2) is 0 Å². The molecule has 0 aromatic carbocycles. The number of likely N-dealkylation sites (tertiary alicyclic amines) is 1. The molecule has 2 rings (SSSR count). The minimum absolute atomic E-state index is 0.000948. The first-order valence-corrected chi connectivity index (χ1v) is 6.70. The molecule has 0 saturated carbocycles. The summed E-state index contributed by atoms with van der Waals surface area (Å²) in [5.41, 5.74) is 0. The van der Waals surface area contributed by atoms with Gasteiger partial charge in [-0.05, 0) is 32.1 Å². The lowest BCUT2D eigenvalue weighted by Crippen LogP contribution is -2.43. The summed E-state index contributed by atoms with van der Waals surface area (Å²) in [5, 5.41) is 8.75. The summed E-state index contributed by atoms with van der Waals surface area (Å²) in [5.74, 6) is -0.323. The molecule has 2 unspecified atom stereocenters. The number of ether oxygens (including phenoxy) is 1. The van der Waals surface area contributed by atoms with Crippen molar-refractivity contribution in [2.24, 2.45) is 11.8 Å². The molecule has 102 valence electrons. The molecule has 1 amide bonds. The van der Waals surface area contributed by atoms with E-state index < -0.39 is 5.97 Å². The zero-order valence-electron chi connectivity index (χ0n) is 10.8. The van der Waals surface area contributed by atoms with Crippen molar-refractivity contribution in [1.29, 1.82) is 0 Å². The molecule has 2 saturated heterocycles. The van der Waals surface area contributed by atoms with Gasteiger partial charge in [-0.15, -0.1) is 0 Å². The summed E-state index contributed by atoms with van der Waals surface area (Å²) in [6, 6.07) is 0. The Hall–Kier alpha value is -1.10. The molecule has 0 aromatic heterocycles. The Kier molecular flexibility index (Phi) is 4.22. The van der Waals surface area contributed by atoms with Crippen molar-refractivity contribution in [3.05, 3.63) is 0 Å². The monoisotopic (exact) mass is 255 g/mol. The molecule has 18 heavy (non-hydrogen) atoms. The van der Waals surface area contributed by atoms with E-state index in [1.165, 1.54) is 0 Å². The smallest absolute Gasteiger partial charge is 0.303 e. The molecule has 5 heteroatoms. The zero-order valence-corrected chi connectivity index (χ0v) is 10.8. The van der Waals surface area contributed by atoms with Crippen molar-refractivity contribution in [3.63, 3.8) is 0 Å². The van der Waals surface area contributed by atoms with Gasteiger partial charge in [-0.2, -0.15) is 0 Å². The largest absolute Gasteiger partial charge is 0.481 e. The first-order valence-electron chi connectivity index (χ1n) is 6.70. The Morgan fingerprint density at radius 2 is 1.94 bits per heavy atom. The molecule has 0 bridgehead atoms. The van der Waals surface area contributed by atoms with Crippen LogP contribution >= 0.6 is 0 Å². The van der Waals surface area contributed by atoms with Crippen LogP contribution in [0.25, 0.3) is 0 Å². The second kappa shape index (κ2) is 5.69. The number of carbonyl (C=O) groups is 2. The van der Waals surface area contributed by atoms with E-state index in [0.717, 1.165) is 19.3 Å². The molecule has 0 aliphatic carbocycles. The SMILES string of the molecule is CC1OCCC1C(=O)N1CCC(CC(=O)O)CC1. The van der Waals surface area contributed by atoms with Crippen LogP contribution in [-0.2, 0) is 14.3 Å². The molecule has 0 aromatic rings. The molecule has 5 nitrogen and oxygen atoms in total. The van der Waals surface area contributed by atoms with Crippen LogP contribution in [0.15, 0.2) is 0 Å². The Bertz CT molecular complexity index is 323. The van der Waals surface area contributed by atoms with Crippen LogP contribution in [0.5, 0.6) is 0 Å². The molecule has 2 fully saturated rings. The summed E-state index contributed by atoms with van der Waals surface area (Å²) >= 11 is 0. The Labute approximate surface area is 107 Å². The van der Waals surface area contributed by atoms with Crippen LogP contribution in [0.2, 0.25) is 0 Å². The highest BCUT2D eigenvalue weighted by atomic mass is 16.5. The van der Waals surface area contributed by atoms with Gasteiger partial charge in [-0.3, -0.25) is 9.59 Å². The third kappa shape index (κ3) is 3.02. The average molecular weight is 255 g/mol. The molecular weight excluding hydrogens is 234 g/mol. The van der Waals surface area contributed by atoms with E-state index in [0.29, 0.717) is 19.7 Å². The maximum absolute atomic E-state index is 12.3. The van der Waals surface area contributed by atoms with Gasteiger partial charge >= 0.3 is 5.97 Å². The van der Waals surface area contributed by atoms with Crippen LogP contribution < -0.4 is 0 Å². The number of hydrogen-bond donors (Lipinski definition) is 1.